The first kappa shape index (κ1) is 15.8. The van der Waals surface area contributed by atoms with Crippen molar-refractivity contribution in [1.29, 1.82) is 0 Å². The lowest BCUT2D eigenvalue weighted by atomic mass is 10.1. The van der Waals surface area contributed by atoms with E-state index in [1.54, 1.807) is 6.92 Å². The minimum atomic E-state index is -4.44. The number of halogens is 3. The van der Waals surface area contributed by atoms with Crippen LogP contribution in [-0.2, 0) is 15.7 Å². The number of nitrogens with one attached hydrogen (secondary N) is 2. The van der Waals surface area contributed by atoms with Gasteiger partial charge in [0.15, 0.2) is 0 Å². The Labute approximate surface area is 120 Å². The number of amides is 1. The van der Waals surface area contributed by atoms with Crippen molar-refractivity contribution < 1.29 is 22.7 Å². The number of benzene rings is 1. The number of hydrogen-bond donors (Lipinski definition) is 2. The van der Waals surface area contributed by atoms with Gasteiger partial charge in [-0.3, -0.25) is 4.79 Å². The third kappa shape index (κ3) is 3.54. The summed E-state index contributed by atoms with van der Waals surface area (Å²) in [6.07, 6.45) is -4.77. The molecular formula is C14H17F3N2O2. The molecule has 0 aromatic heterocycles. The molecule has 0 radical (unpaired) electrons. The van der Waals surface area contributed by atoms with Crippen LogP contribution in [0.3, 0.4) is 0 Å². The summed E-state index contributed by atoms with van der Waals surface area (Å²) in [6.45, 7) is 4.12. The average Bonchev–Trinajstić information content (AvgIpc) is 2.40. The molecule has 2 rings (SSSR count). The minimum absolute atomic E-state index is 0.00253. The molecule has 1 aromatic rings. The Balaban J connectivity index is 2.18. The van der Waals surface area contributed by atoms with Gasteiger partial charge in [-0.2, -0.15) is 13.2 Å². The third-order valence-electron chi connectivity index (χ3n) is 3.50. The van der Waals surface area contributed by atoms with Gasteiger partial charge in [-0.05, 0) is 31.5 Å². The summed E-state index contributed by atoms with van der Waals surface area (Å²) < 4.78 is 43.9. The number of morpholine rings is 1. The van der Waals surface area contributed by atoms with E-state index in [0.717, 1.165) is 6.07 Å². The zero-order chi connectivity index (χ0) is 15.6. The van der Waals surface area contributed by atoms with Gasteiger partial charge in [0.05, 0.1) is 18.3 Å². The van der Waals surface area contributed by atoms with Crippen LogP contribution in [0.2, 0.25) is 0 Å². The molecule has 116 valence electrons. The van der Waals surface area contributed by atoms with Crippen molar-refractivity contribution in [3.05, 3.63) is 29.3 Å². The fourth-order valence-electron chi connectivity index (χ4n) is 2.32. The van der Waals surface area contributed by atoms with Crippen LogP contribution in [0.15, 0.2) is 18.2 Å². The number of rotatable bonds is 2. The van der Waals surface area contributed by atoms with Crippen molar-refractivity contribution in [2.75, 3.05) is 18.5 Å². The number of anilines is 1. The molecule has 1 aromatic carbocycles. The van der Waals surface area contributed by atoms with Gasteiger partial charge in [0.2, 0.25) is 5.91 Å². The van der Waals surface area contributed by atoms with E-state index in [2.05, 4.69) is 10.6 Å². The summed E-state index contributed by atoms with van der Waals surface area (Å²) >= 11 is 0. The molecule has 0 saturated carbocycles. The van der Waals surface area contributed by atoms with Crippen molar-refractivity contribution >= 4 is 11.6 Å². The van der Waals surface area contributed by atoms with E-state index in [0.29, 0.717) is 13.2 Å². The summed E-state index contributed by atoms with van der Waals surface area (Å²) in [5, 5.41) is 5.54. The first-order chi connectivity index (χ1) is 9.80. The highest BCUT2D eigenvalue weighted by Gasteiger charge is 2.34. The fourth-order valence-corrected chi connectivity index (χ4v) is 2.32. The summed E-state index contributed by atoms with van der Waals surface area (Å²) in [5.41, 5.74) is -0.585. The van der Waals surface area contributed by atoms with Crippen LogP contribution in [0.25, 0.3) is 0 Å². The van der Waals surface area contributed by atoms with Gasteiger partial charge in [-0.1, -0.05) is 6.07 Å². The number of carbonyl (C=O) groups is 1. The molecule has 1 amide bonds. The lowest BCUT2D eigenvalue weighted by Crippen LogP contribution is -2.53. The van der Waals surface area contributed by atoms with Gasteiger partial charge < -0.3 is 15.4 Å². The summed E-state index contributed by atoms with van der Waals surface area (Å²) in [5.74, 6) is -0.398. The highest BCUT2D eigenvalue weighted by molar-refractivity contribution is 5.96. The topological polar surface area (TPSA) is 50.4 Å². The first-order valence-electron chi connectivity index (χ1n) is 6.63. The fraction of sp³-hybridized carbons (Fsp3) is 0.500. The molecule has 0 bridgehead atoms. The Morgan fingerprint density at radius 3 is 2.76 bits per heavy atom. The third-order valence-corrected chi connectivity index (χ3v) is 3.50. The lowest BCUT2D eigenvalue weighted by Gasteiger charge is -2.29. The first-order valence-corrected chi connectivity index (χ1v) is 6.63. The van der Waals surface area contributed by atoms with Crippen LogP contribution in [0, 0.1) is 6.92 Å². The quantitative estimate of drug-likeness (QED) is 0.881. The normalized spacial score (nSPS) is 22.9. The van der Waals surface area contributed by atoms with Crippen LogP contribution < -0.4 is 10.6 Å². The maximum Gasteiger partial charge on any atom is 0.416 e. The maximum atomic E-state index is 12.8. The van der Waals surface area contributed by atoms with Gasteiger partial charge in [0, 0.05) is 12.2 Å². The Morgan fingerprint density at radius 1 is 1.43 bits per heavy atom. The maximum absolute atomic E-state index is 12.8. The SMILES string of the molecule is Cc1c(NC(=O)[C@H]2NCCO[C@@H]2C)cccc1C(F)(F)F. The van der Waals surface area contributed by atoms with Crippen LogP contribution in [-0.4, -0.2) is 31.2 Å². The zero-order valence-corrected chi connectivity index (χ0v) is 11.8. The van der Waals surface area contributed by atoms with Gasteiger partial charge in [-0.15, -0.1) is 0 Å². The van der Waals surface area contributed by atoms with Crippen molar-refractivity contribution in [3.8, 4) is 0 Å². The Bertz CT molecular complexity index is 531. The van der Waals surface area contributed by atoms with E-state index in [4.69, 9.17) is 4.74 Å². The summed E-state index contributed by atoms with van der Waals surface area (Å²) in [7, 11) is 0. The minimum Gasteiger partial charge on any atom is -0.375 e. The molecule has 1 aliphatic rings. The second-order valence-corrected chi connectivity index (χ2v) is 4.97. The van der Waals surface area contributed by atoms with Crippen LogP contribution in [0.4, 0.5) is 18.9 Å². The molecule has 2 atom stereocenters. The molecule has 1 saturated heterocycles. The lowest BCUT2D eigenvalue weighted by molar-refractivity contribution is -0.138. The van der Waals surface area contributed by atoms with Crippen molar-refractivity contribution in [1.82, 2.24) is 5.32 Å². The van der Waals surface area contributed by atoms with Crippen LogP contribution in [0.1, 0.15) is 18.1 Å². The van der Waals surface area contributed by atoms with Crippen LogP contribution >= 0.6 is 0 Å². The smallest absolute Gasteiger partial charge is 0.375 e. The molecule has 0 spiro atoms. The van der Waals surface area contributed by atoms with E-state index in [-0.39, 0.29) is 17.4 Å². The van der Waals surface area contributed by atoms with Gasteiger partial charge in [-0.25, -0.2) is 0 Å². The summed E-state index contributed by atoms with van der Waals surface area (Å²) in [4.78, 5) is 12.2. The Kier molecular flexibility index (Phi) is 4.53. The predicted octanol–water partition coefficient (Wildman–Crippen LogP) is 2.33. The average molecular weight is 302 g/mol. The monoisotopic (exact) mass is 302 g/mol. The number of hydrogen-bond acceptors (Lipinski definition) is 3. The predicted molar refractivity (Wildman–Crippen MR) is 72.0 cm³/mol. The highest BCUT2D eigenvalue weighted by atomic mass is 19.4. The molecule has 7 heteroatoms. The van der Waals surface area contributed by atoms with E-state index in [1.165, 1.54) is 19.1 Å². The van der Waals surface area contributed by atoms with E-state index in [1.807, 2.05) is 0 Å². The van der Waals surface area contributed by atoms with Crippen molar-refractivity contribution in [2.24, 2.45) is 0 Å². The van der Waals surface area contributed by atoms with E-state index >= 15 is 0 Å². The highest BCUT2D eigenvalue weighted by Crippen LogP contribution is 2.34. The van der Waals surface area contributed by atoms with Gasteiger partial charge in [0.25, 0.3) is 0 Å². The molecule has 0 unspecified atom stereocenters. The van der Waals surface area contributed by atoms with Gasteiger partial charge >= 0.3 is 6.18 Å². The van der Waals surface area contributed by atoms with Gasteiger partial charge in [0.1, 0.15) is 6.04 Å². The standard InChI is InChI=1S/C14H17F3N2O2/c1-8-10(14(15,16)17)4-3-5-11(8)19-13(20)12-9(2)21-7-6-18-12/h3-5,9,12,18H,6-7H2,1-2H3,(H,19,20)/t9-,12+/m1/s1. The molecule has 1 aliphatic heterocycles. The Hall–Kier alpha value is -1.60. The van der Waals surface area contributed by atoms with Crippen molar-refractivity contribution in [3.63, 3.8) is 0 Å². The summed E-state index contributed by atoms with van der Waals surface area (Å²) in [6, 6.07) is 3.15. The molecule has 4 nitrogen and oxygen atoms in total. The molecule has 1 heterocycles. The van der Waals surface area contributed by atoms with E-state index < -0.39 is 23.7 Å². The molecule has 2 N–H and O–H groups in total. The zero-order valence-electron chi connectivity index (χ0n) is 11.8. The molecule has 21 heavy (non-hydrogen) atoms. The van der Waals surface area contributed by atoms with Crippen LogP contribution in [0.5, 0.6) is 0 Å². The molecule has 1 fully saturated rings. The largest absolute Gasteiger partial charge is 0.416 e. The Morgan fingerprint density at radius 2 is 2.14 bits per heavy atom. The number of carbonyl (C=O) groups excluding carboxylic acids is 1. The number of alkyl halides is 3. The van der Waals surface area contributed by atoms with E-state index in [9.17, 15) is 18.0 Å². The molecule has 0 aliphatic carbocycles. The van der Waals surface area contributed by atoms with Crippen molar-refractivity contribution in [2.45, 2.75) is 32.2 Å². The second kappa shape index (κ2) is 6.03. The number of ether oxygens (including phenoxy) is 1. The second-order valence-electron chi connectivity index (χ2n) is 4.97. The molecular weight excluding hydrogens is 285 g/mol.